The van der Waals surface area contributed by atoms with Crippen LogP contribution in [0.25, 0.3) is 0 Å². The van der Waals surface area contributed by atoms with Crippen molar-refractivity contribution < 1.29 is 9.53 Å². The number of nitrogens with one attached hydrogen (secondary N) is 1. The van der Waals surface area contributed by atoms with E-state index in [1.54, 1.807) is 32.0 Å². The van der Waals surface area contributed by atoms with Gasteiger partial charge in [-0.25, -0.2) is 0 Å². The van der Waals surface area contributed by atoms with Crippen molar-refractivity contribution in [2.45, 2.75) is 19.6 Å². The van der Waals surface area contributed by atoms with E-state index in [2.05, 4.69) is 5.32 Å². The van der Waals surface area contributed by atoms with E-state index in [1.807, 2.05) is 0 Å². The fourth-order valence-corrected chi connectivity index (χ4v) is 1.45. The van der Waals surface area contributed by atoms with Crippen LogP contribution in [0.3, 0.4) is 0 Å². The summed E-state index contributed by atoms with van der Waals surface area (Å²) in [6, 6.07) is 5.01. The molecule has 0 saturated carbocycles. The summed E-state index contributed by atoms with van der Waals surface area (Å²) < 4.78 is 5.56. The fourth-order valence-electron chi connectivity index (χ4n) is 1.45. The molecule has 2 rings (SSSR count). The van der Waals surface area contributed by atoms with Gasteiger partial charge in [0.1, 0.15) is 5.75 Å². The van der Waals surface area contributed by atoms with E-state index < -0.39 is 5.72 Å². The van der Waals surface area contributed by atoms with Crippen molar-refractivity contribution in [2.24, 2.45) is 0 Å². The average molecular weight is 192 g/mol. The molecule has 1 heterocycles. The van der Waals surface area contributed by atoms with Gasteiger partial charge in [0.15, 0.2) is 5.72 Å². The van der Waals surface area contributed by atoms with Crippen LogP contribution in [0.4, 0.5) is 5.69 Å². The number of fused-ring (bicyclic) bond motifs is 1. The Morgan fingerprint density at radius 2 is 2.14 bits per heavy atom. The Kier molecular flexibility index (Phi) is 1.67. The van der Waals surface area contributed by atoms with Gasteiger partial charge in [-0.15, -0.1) is 0 Å². The number of amides is 1. The maximum Gasteiger partial charge on any atom is 0.258 e. The van der Waals surface area contributed by atoms with Gasteiger partial charge in [0.25, 0.3) is 5.91 Å². The van der Waals surface area contributed by atoms with Crippen LogP contribution in [0.5, 0.6) is 5.75 Å². The average Bonchev–Trinajstić information content (AvgIpc) is 2.00. The smallest absolute Gasteiger partial charge is 0.258 e. The van der Waals surface area contributed by atoms with Gasteiger partial charge in [0, 0.05) is 11.8 Å². The van der Waals surface area contributed by atoms with Crippen LogP contribution in [-0.4, -0.2) is 11.6 Å². The van der Waals surface area contributed by atoms with Crippen molar-refractivity contribution in [1.82, 2.24) is 5.32 Å². The number of rotatable bonds is 0. The molecule has 1 aliphatic heterocycles. The molecule has 0 saturated heterocycles. The zero-order valence-electron chi connectivity index (χ0n) is 8.13. The number of carbonyl (C=O) groups is 1. The molecule has 1 amide bonds. The molecule has 3 N–H and O–H groups in total. The first kappa shape index (κ1) is 8.87. The second-order valence-electron chi connectivity index (χ2n) is 3.82. The van der Waals surface area contributed by atoms with E-state index in [1.165, 1.54) is 0 Å². The van der Waals surface area contributed by atoms with Crippen molar-refractivity contribution in [3.05, 3.63) is 23.8 Å². The van der Waals surface area contributed by atoms with E-state index in [-0.39, 0.29) is 5.91 Å². The molecular weight excluding hydrogens is 180 g/mol. The molecule has 1 aromatic carbocycles. The number of benzene rings is 1. The zero-order chi connectivity index (χ0) is 10.3. The molecule has 0 radical (unpaired) electrons. The Balaban J connectivity index is 2.51. The Morgan fingerprint density at radius 1 is 1.43 bits per heavy atom. The van der Waals surface area contributed by atoms with Gasteiger partial charge in [-0.1, -0.05) is 0 Å². The van der Waals surface area contributed by atoms with Gasteiger partial charge in [-0.3, -0.25) is 4.79 Å². The van der Waals surface area contributed by atoms with E-state index in [9.17, 15) is 4.79 Å². The van der Waals surface area contributed by atoms with Gasteiger partial charge in [0.2, 0.25) is 0 Å². The molecule has 0 aliphatic carbocycles. The van der Waals surface area contributed by atoms with Crippen LogP contribution in [0.2, 0.25) is 0 Å². The minimum Gasteiger partial charge on any atom is -0.468 e. The molecule has 0 spiro atoms. The molecule has 74 valence electrons. The highest BCUT2D eigenvalue weighted by Gasteiger charge is 2.30. The number of nitrogens with two attached hydrogens (primary N) is 1. The summed E-state index contributed by atoms with van der Waals surface area (Å²) in [5.41, 5.74) is 6.05. The van der Waals surface area contributed by atoms with Gasteiger partial charge in [-0.2, -0.15) is 0 Å². The van der Waals surface area contributed by atoms with Crippen LogP contribution >= 0.6 is 0 Å². The number of anilines is 1. The largest absolute Gasteiger partial charge is 0.468 e. The minimum absolute atomic E-state index is 0.128. The quantitative estimate of drug-likeness (QED) is 0.605. The molecule has 0 aromatic heterocycles. The summed E-state index contributed by atoms with van der Waals surface area (Å²) in [5, 5.41) is 2.73. The molecule has 0 bridgehead atoms. The predicted octanol–water partition coefficient (Wildman–Crippen LogP) is 1.13. The summed E-state index contributed by atoms with van der Waals surface area (Å²) in [4.78, 5) is 11.6. The summed E-state index contributed by atoms with van der Waals surface area (Å²) >= 11 is 0. The van der Waals surface area contributed by atoms with Crippen molar-refractivity contribution in [3.8, 4) is 5.75 Å². The lowest BCUT2D eigenvalue weighted by atomic mass is 10.1. The third kappa shape index (κ3) is 1.39. The van der Waals surface area contributed by atoms with Gasteiger partial charge in [0.05, 0.1) is 5.56 Å². The lowest BCUT2D eigenvalue weighted by Gasteiger charge is -2.33. The van der Waals surface area contributed by atoms with Gasteiger partial charge < -0.3 is 15.8 Å². The molecule has 1 aliphatic rings. The molecule has 1 aromatic rings. The van der Waals surface area contributed by atoms with Crippen LogP contribution in [0, 0.1) is 0 Å². The van der Waals surface area contributed by atoms with Crippen LogP contribution in [-0.2, 0) is 0 Å². The monoisotopic (exact) mass is 192 g/mol. The number of ether oxygens (including phenoxy) is 1. The first-order valence-electron chi connectivity index (χ1n) is 4.39. The van der Waals surface area contributed by atoms with Crippen molar-refractivity contribution >= 4 is 11.6 Å². The maximum absolute atomic E-state index is 11.6. The first-order valence-corrected chi connectivity index (χ1v) is 4.39. The molecule has 0 unspecified atom stereocenters. The Bertz CT molecular complexity index is 399. The second kappa shape index (κ2) is 2.64. The minimum atomic E-state index is -0.669. The summed E-state index contributed by atoms with van der Waals surface area (Å²) in [6.07, 6.45) is 0. The maximum atomic E-state index is 11.6. The lowest BCUT2D eigenvalue weighted by Crippen LogP contribution is -2.51. The van der Waals surface area contributed by atoms with E-state index in [0.717, 1.165) is 0 Å². The van der Waals surface area contributed by atoms with Crippen molar-refractivity contribution in [3.63, 3.8) is 0 Å². The highest BCUT2D eigenvalue weighted by Crippen LogP contribution is 2.28. The Hall–Kier alpha value is -1.71. The number of carbonyl (C=O) groups excluding carboxylic acids is 1. The Labute approximate surface area is 82.1 Å². The van der Waals surface area contributed by atoms with Crippen molar-refractivity contribution in [2.75, 3.05) is 5.73 Å². The molecule has 4 nitrogen and oxygen atoms in total. The third-order valence-electron chi connectivity index (χ3n) is 2.03. The number of hydrogen-bond acceptors (Lipinski definition) is 3. The second-order valence-corrected chi connectivity index (χ2v) is 3.82. The van der Waals surface area contributed by atoms with E-state index in [0.29, 0.717) is 17.0 Å². The lowest BCUT2D eigenvalue weighted by molar-refractivity contribution is 0.0433. The predicted molar refractivity (Wildman–Crippen MR) is 53.0 cm³/mol. The van der Waals surface area contributed by atoms with Gasteiger partial charge in [-0.05, 0) is 26.0 Å². The van der Waals surface area contributed by atoms with Crippen LogP contribution < -0.4 is 15.8 Å². The highest BCUT2D eigenvalue weighted by molar-refractivity contribution is 5.98. The molecular formula is C10H12N2O2. The summed E-state index contributed by atoms with van der Waals surface area (Å²) in [7, 11) is 0. The number of nitrogen functional groups attached to an aromatic ring is 1. The van der Waals surface area contributed by atoms with Crippen LogP contribution in [0.15, 0.2) is 18.2 Å². The SMILES string of the molecule is CC1(C)NC(=O)c2ccc(N)cc2O1. The normalized spacial score (nSPS) is 18.0. The van der Waals surface area contributed by atoms with E-state index in [4.69, 9.17) is 10.5 Å². The summed E-state index contributed by atoms with van der Waals surface area (Å²) in [6.45, 7) is 3.58. The van der Waals surface area contributed by atoms with Crippen molar-refractivity contribution in [1.29, 1.82) is 0 Å². The van der Waals surface area contributed by atoms with Gasteiger partial charge >= 0.3 is 0 Å². The number of hydrogen-bond donors (Lipinski definition) is 2. The first-order chi connectivity index (χ1) is 6.48. The highest BCUT2D eigenvalue weighted by atomic mass is 16.5. The zero-order valence-corrected chi connectivity index (χ0v) is 8.13. The third-order valence-corrected chi connectivity index (χ3v) is 2.03. The summed E-state index contributed by atoms with van der Waals surface area (Å²) in [5.74, 6) is 0.412. The Morgan fingerprint density at radius 3 is 2.86 bits per heavy atom. The molecule has 14 heavy (non-hydrogen) atoms. The topological polar surface area (TPSA) is 64.4 Å². The van der Waals surface area contributed by atoms with Crippen LogP contribution in [0.1, 0.15) is 24.2 Å². The molecule has 4 heteroatoms. The molecule has 0 fully saturated rings. The fraction of sp³-hybridized carbons (Fsp3) is 0.300. The standard InChI is InChI=1S/C10H12N2O2/c1-10(2)12-9(13)7-4-3-6(11)5-8(7)14-10/h3-5H,11H2,1-2H3,(H,12,13). The molecule has 0 atom stereocenters. The van der Waals surface area contributed by atoms with E-state index >= 15 is 0 Å².